The number of aliphatic hydroxyl groups is 1. The predicted molar refractivity (Wildman–Crippen MR) is 29.1 cm³/mol. The SMILES string of the molecule is O=C([O-])CC(C(=O)[O-])C(O)C(=O)[O-].[Ag]. The molecule has 0 aromatic heterocycles. The summed E-state index contributed by atoms with van der Waals surface area (Å²) < 4.78 is 0. The molecule has 0 saturated heterocycles. The number of aliphatic hydroxyl groups excluding tert-OH is 1. The molecule has 0 aliphatic carbocycles. The predicted octanol–water partition coefficient (Wildman–Crippen LogP) is -5.40. The van der Waals surface area contributed by atoms with Crippen LogP contribution in [0, 0.1) is 5.92 Å². The molecule has 1 N–H and O–H groups in total. The zero-order valence-corrected chi connectivity index (χ0v) is 8.04. The molecular weight excluding hydrogens is 292 g/mol. The molecule has 2 unspecified atom stereocenters. The Labute approximate surface area is 93.9 Å². The van der Waals surface area contributed by atoms with Crippen LogP contribution in [0.2, 0.25) is 0 Å². The van der Waals surface area contributed by atoms with E-state index in [9.17, 15) is 29.7 Å². The van der Waals surface area contributed by atoms with E-state index < -0.39 is 36.4 Å². The van der Waals surface area contributed by atoms with Crippen molar-refractivity contribution in [3.63, 3.8) is 0 Å². The molecule has 0 bridgehead atoms. The summed E-state index contributed by atoms with van der Waals surface area (Å²) >= 11 is 0. The van der Waals surface area contributed by atoms with Gasteiger partial charge in [-0.1, -0.05) is 0 Å². The minimum absolute atomic E-state index is 0. The minimum atomic E-state index is -2.41. The molecule has 0 fully saturated rings. The second-order valence-corrected chi connectivity index (χ2v) is 2.27. The Kier molecular flexibility index (Phi) is 7.28. The van der Waals surface area contributed by atoms with Gasteiger partial charge in [0.1, 0.15) is 6.10 Å². The van der Waals surface area contributed by atoms with E-state index in [-0.39, 0.29) is 22.4 Å². The average molecular weight is 297 g/mol. The Morgan fingerprint density at radius 2 is 1.50 bits per heavy atom. The Bertz CT molecular complexity index is 238. The van der Waals surface area contributed by atoms with Crippen molar-refractivity contribution in [1.82, 2.24) is 0 Å². The quantitative estimate of drug-likeness (QED) is 0.499. The molecule has 0 aromatic carbocycles. The maximum Gasteiger partial charge on any atom is 0.102 e. The van der Waals surface area contributed by atoms with Gasteiger partial charge in [0.05, 0.1) is 5.97 Å². The van der Waals surface area contributed by atoms with Gasteiger partial charge in [0.2, 0.25) is 0 Å². The maximum atomic E-state index is 10.1. The summed E-state index contributed by atoms with van der Waals surface area (Å²) in [5, 5.41) is 38.6. The van der Waals surface area contributed by atoms with Gasteiger partial charge in [-0.15, -0.1) is 0 Å². The Morgan fingerprint density at radius 1 is 1.07 bits per heavy atom. The molecule has 8 heteroatoms. The zero-order valence-electron chi connectivity index (χ0n) is 6.56. The normalized spacial score (nSPS) is 13.5. The van der Waals surface area contributed by atoms with E-state index >= 15 is 0 Å². The van der Waals surface area contributed by atoms with Gasteiger partial charge in [-0.25, -0.2) is 0 Å². The molecule has 0 amide bonds. The number of carboxylic acid groups (broad SMARTS) is 3. The molecule has 0 rings (SSSR count). The number of aliphatic carboxylic acids is 3. The van der Waals surface area contributed by atoms with E-state index in [2.05, 4.69) is 0 Å². The van der Waals surface area contributed by atoms with Crippen LogP contribution in [0.25, 0.3) is 0 Å². The van der Waals surface area contributed by atoms with Crippen LogP contribution in [-0.4, -0.2) is 29.1 Å². The summed E-state index contributed by atoms with van der Waals surface area (Å²) in [6, 6.07) is 0. The summed E-state index contributed by atoms with van der Waals surface area (Å²) in [5.74, 6) is -7.92. The Morgan fingerprint density at radius 3 is 1.71 bits per heavy atom. The Hall–Kier alpha value is -0.890. The molecule has 2 atom stereocenters. The molecule has 1 radical (unpaired) electrons. The van der Waals surface area contributed by atoms with E-state index in [1.807, 2.05) is 0 Å². The van der Waals surface area contributed by atoms with Crippen molar-refractivity contribution >= 4 is 17.9 Å². The third kappa shape index (κ3) is 4.97. The van der Waals surface area contributed by atoms with E-state index in [4.69, 9.17) is 5.11 Å². The zero-order chi connectivity index (χ0) is 10.6. The molecule has 7 nitrogen and oxygen atoms in total. The fourth-order valence-electron chi connectivity index (χ4n) is 0.668. The number of rotatable bonds is 5. The smallest absolute Gasteiger partial charge is 0.102 e. The fraction of sp³-hybridized carbons (Fsp3) is 0.500. The second-order valence-electron chi connectivity index (χ2n) is 2.27. The van der Waals surface area contributed by atoms with Crippen LogP contribution in [0.15, 0.2) is 0 Å². The molecule has 0 aliphatic heterocycles. The number of carbonyl (C=O) groups excluding carboxylic acids is 3. The Balaban J connectivity index is 0. The van der Waals surface area contributed by atoms with Gasteiger partial charge >= 0.3 is 0 Å². The van der Waals surface area contributed by atoms with E-state index in [0.717, 1.165) is 0 Å². The number of carbonyl (C=O) groups is 3. The second kappa shape index (κ2) is 6.55. The van der Waals surface area contributed by atoms with Crippen molar-refractivity contribution in [2.75, 3.05) is 0 Å². The van der Waals surface area contributed by atoms with Crippen LogP contribution in [0.1, 0.15) is 6.42 Å². The van der Waals surface area contributed by atoms with Crippen LogP contribution in [0.3, 0.4) is 0 Å². The van der Waals surface area contributed by atoms with E-state index in [1.165, 1.54) is 0 Å². The molecule has 0 heterocycles. The first kappa shape index (κ1) is 15.6. The molecule has 85 valence electrons. The van der Waals surface area contributed by atoms with Crippen molar-refractivity contribution in [2.24, 2.45) is 5.92 Å². The van der Waals surface area contributed by atoms with E-state index in [0.29, 0.717) is 0 Å². The van der Waals surface area contributed by atoms with Gasteiger partial charge in [-0.3, -0.25) is 0 Å². The number of hydrogen-bond acceptors (Lipinski definition) is 7. The van der Waals surface area contributed by atoms with Gasteiger partial charge in [0.15, 0.2) is 0 Å². The number of carboxylic acids is 3. The summed E-state index contributed by atoms with van der Waals surface area (Å²) in [6.07, 6.45) is -3.56. The van der Waals surface area contributed by atoms with Crippen LogP contribution >= 0.6 is 0 Å². The first-order valence-electron chi connectivity index (χ1n) is 3.16. The van der Waals surface area contributed by atoms with Crippen molar-refractivity contribution < 1.29 is 57.2 Å². The van der Waals surface area contributed by atoms with Crippen LogP contribution in [0.5, 0.6) is 0 Å². The average Bonchev–Trinajstić information content (AvgIpc) is 1.97. The van der Waals surface area contributed by atoms with Crippen LogP contribution < -0.4 is 15.3 Å². The van der Waals surface area contributed by atoms with Gasteiger partial charge < -0.3 is 34.8 Å². The molecule has 0 aromatic rings. The van der Waals surface area contributed by atoms with Crippen LogP contribution in [-0.2, 0) is 36.8 Å². The molecule has 0 aliphatic rings. The fourth-order valence-corrected chi connectivity index (χ4v) is 0.668. The molecule has 0 saturated carbocycles. The van der Waals surface area contributed by atoms with Crippen molar-refractivity contribution in [3.05, 3.63) is 0 Å². The van der Waals surface area contributed by atoms with Crippen molar-refractivity contribution in [3.8, 4) is 0 Å². The first-order valence-corrected chi connectivity index (χ1v) is 3.16. The van der Waals surface area contributed by atoms with Gasteiger partial charge in [-0.2, -0.15) is 0 Å². The topological polar surface area (TPSA) is 141 Å². The summed E-state index contributed by atoms with van der Waals surface area (Å²) in [6.45, 7) is 0. The third-order valence-electron chi connectivity index (χ3n) is 1.31. The molecular formula is C6H5AgO7-3. The third-order valence-corrected chi connectivity index (χ3v) is 1.31. The van der Waals surface area contributed by atoms with Gasteiger partial charge in [0, 0.05) is 40.2 Å². The monoisotopic (exact) mass is 296 g/mol. The largest absolute Gasteiger partial charge is 0.550 e. The van der Waals surface area contributed by atoms with Crippen LogP contribution in [0.4, 0.5) is 0 Å². The number of hydrogen-bond donors (Lipinski definition) is 1. The molecule has 0 spiro atoms. The van der Waals surface area contributed by atoms with Crippen molar-refractivity contribution in [1.29, 1.82) is 0 Å². The maximum absolute atomic E-state index is 10.1. The van der Waals surface area contributed by atoms with Crippen molar-refractivity contribution in [2.45, 2.75) is 12.5 Å². The van der Waals surface area contributed by atoms with Gasteiger partial charge in [0.25, 0.3) is 0 Å². The molecule has 14 heavy (non-hydrogen) atoms. The minimum Gasteiger partial charge on any atom is -0.550 e. The summed E-state index contributed by atoms with van der Waals surface area (Å²) in [4.78, 5) is 30.0. The summed E-state index contributed by atoms with van der Waals surface area (Å²) in [5.41, 5.74) is 0. The standard InChI is InChI=1S/C6H8O7.Ag/c7-3(8)1-2(5(10)11)4(9)6(12)13;/h2,4,9H,1H2,(H,7,8)(H,10,11)(H,12,13);/p-3. The summed E-state index contributed by atoms with van der Waals surface area (Å²) in [7, 11) is 0. The first-order chi connectivity index (χ1) is 5.86. The van der Waals surface area contributed by atoms with Gasteiger partial charge in [-0.05, 0) is 6.42 Å². The van der Waals surface area contributed by atoms with E-state index in [1.54, 1.807) is 0 Å².